The number of halogens is 3. The van der Waals surface area contributed by atoms with Gasteiger partial charge in [0, 0.05) is 12.3 Å². The second-order valence-electron chi connectivity index (χ2n) is 5.52. The molecule has 2 nitrogen and oxygen atoms in total. The maximum Gasteiger partial charge on any atom is 0.416 e. The molecular formula is C15H17F3O2. The quantitative estimate of drug-likeness (QED) is 0.899. The summed E-state index contributed by atoms with van der Waals surface area (Å²) in [6, 6.07) is 4.38. The lowest BCUT2D eigenvalue weighted by atomic mass is 9.77. The van der Waals surface area contributed by atoms with E-state index in [9.17, 15) is 23.1 Å². The van der Waals surface area contributed by atoms with Crippen molar-refractivity contribution in [2.75, 3.05) is 0 Å². The van der Waals surface area contributed by atoms with Gasteiger partial charge < -0.3 is 5.11 Å². The zero-order chi connectivity index (χ0) is 14.9. The molecule has 3 atom stereocenters. The Bertz CT molecular complexity index is 479. The highest BCUT2D eigenvalue weighted by Crippen LogP contribution is 2.36. The Morgan fingerprint density at radius 3 is 2.40 bits per heavy atom. The number of hydrogen-bond acceptors (Lipinski definition) is 2. The molecule has 110 valence electrons. The number of carbonyl (C=O) groups excluding carboxylic acids is 1. The number of hydrogen-bond donors (Lipinski definition) is 1. The van der Waals surface area contributed by atoms with E-state index in [1.807, 2.05) is 6.92 Å². The van der Waals surface area contributed by atoms with Crippen LogP contribution in [0.3, 0.4) is 0 Å². The van der Waals surface area contributed by atoms with Gasteiger partial charge in [0.15, 0.2) is 0 Å². The number of benzene rings is 1. The first kappa shape index (κ1) is 15.0. The van der Waals surface area contributed by atoms with Gasteiger partial charge in [-0.15, -0.1) is 0 Å². The predicted molar refractivity (Wildman–Crippen MR) is 67.9 cm³/mol. The van der Waals surface area contributed by atoms with E-state index >= 15 is 0 Å². The normalized spacial score (nSPS) is 25.6. The monoisotopic (exact) mass is 286 g/mol. The number of aliphatic hydroxyl groups is 1. The minimum atomic E-state index is -4.39. The van der Waals surface area contributed by atoms with Crippen molar-refractivity contribution >= 4 is 5.78 Å². The summed E-state index contributed by atoms with van der Waals surface area (Å²) < 4.78 is 37.4. The van der Waals surface area contributed by atoms with Gasteiger partial charge in [0.1, 0.15) is 5.78 Å². The molecule has 1 aromatic carbocycles. The van der Waals surface area contributed by atoms with Crippen molar-refractivity contribution in [2.45, 2.75) is 38.5 Å². The van der Waals surface area contributed by atoms with Crippen molar-refractivity contribution in [3.63, 3.8) is 0 Å². The van der Waals surface area contributed by atoms with Crippen molar-refractivity contribution in [2.24, 2.45) is 11.8 Å². The van der Waals surface area contributed by atoms with Gasteiger partial charge in [-0.25, -0.2) is 0 Å². The fourth-order valence-electron chi connectivity index (χ4n) is 2.66. The minimum Gasteiger partial charge on any atom is -0.388 e. The van der Waals surface area contributed by atoms with Crippen LogP contribution in [-0.2, 0) is 11.0 Å². The summed E-state index contributed by atoms with van der Waals surface area (Å²) in [5, 5.41) is 10.2. The molecule has 0 aromatic heterocycles. The fraction of sp³-hybridized carbons (Fsp3) is 0.533. The third-order valence-corrected chi connectivity index (χ3v) is 3.91. The average molecular weight is 286 g/mol. The molecule has 0 bridgehead atoms. The third kappa shape index (κ3) is 3.20. The second-order valence-corrected chi connectivity index (χ2v) is 5.52. The molecule has 0 unspecified atom stereocenters. The Labute approximate surface area is 115 Å². The van der Waals surface area contributed by atoms with E-state index in [2.05, 4.69) is 0 Å². The molecule has 1 aliphatic carbocycles. The lowest BCUT2D eigenvalue weighted by molar-refractivity contribution is -0.137. The molecule has 1 saturated carbocycles. The van der Waals surface area contributed by atoms with E-state index in [0.29, 0.717) is 24.3 Å². The van der Waals surface area contributed by atoms with Crippen LogP contribution < -0.4 is 0 Å². The van der Waals surface area contributed by atoms with Crippen LogP contribution in [0.2, 0.25) is 0 Å². The largest absolute Gasteiger partial charge is 0.416 e. The first-order valence-electron chi connectivity index (χ1n) is 6.67. The zero-order valence-corrected chi connectivity index (χ0v) is 11.2. The van der Waals surface area contributed by atoms with Crippen molar-refractivity contribution in [3.05, 3.63) is 35.4 Å². The van der Waals surface area contributed by atoms with Gasteiger partial charge in [0.2, 0.25) is 0 Å². The van der Waals surface area contributed by atoms with E-state index in [-0.39, 0.29) is 5.78 Å². The van der Waals surface area contributed by atoms with Crippen molar-refractivity contribution in [1.82, 2.24) is 0 Å². The van der Waals surface area contributed by atoms with Crippen LogP contribution in [0.25, 0.3) is 0 Å². The van der Waals surface area contributed by atoms with Crippen LogP contribution in [0, 0.1) is 11.8 Å². The van der Waals surface area contributed by atoms with Gasteiger partial charge in [0.05, 0.1) is 11.7 Å². The van der Waals surface area contributed by atoms with Crippen molar-refractivity contribution in [1.29, 1.82) is 0 Å². The highest BCUT2D eigenvalue weighted by molar-refractivity contribution is 5.82. The van der Waals surface area contributed by atoms with Crippen LogP contribution in [0.4, 0.5) is 13.2 Å². The Morgan fingerprint density at radius 1 is 1.25 bits per heavy atom. The molecule has 1 aliphatic rings. The molecule has 1 N–H and O–H groups in total. The fourth-order valence-corrected chi connectivity index (χ4v) is 2.66. The SMILES string of the molecule is C[C@H]1CCC(=O)[C@H]([C@@H](O)c2ccc(C(F)(F)F)cc2)C1. The molecule has 5 heteroatoms. The van der Waals surface area contributed by atoms with E-state index in [4.69, 9.17) is 0 Å². The summed E-state index contributed by atoms with van der Waals surface area (Å²) in [4.78, 5) is 11.8. The highest BCUT2D eigenvalue weighted by atomic mass is 19.4. The first-order valence-corrected chi connectivity index (χ1v) is 6.67. The molecule has 0 saturated heterocycles. The molecule has 1 fully saturated rings. The molecule has 0 heterocycles. The Morgan fingerprint density at radius 2 is 1.85 bits per heavy atom. The van der Waals surface area contributed by atoms with E-state index in [1.165, 1.54) is 12.1 Å². The van der Waals surface area contributed by atoms with Crippen molar-refractivity contribution in [3.8, 4) is 0 Å². The molecule has 0 radical (unpaired) electrons. The van der Waals surface area contributed by atoms with Crippen molar-refractivity contribution < 1.29 is 23.1 Å². The maximum atomic E-state index is 12.5. The minimum absolute atomic E-state index is 0.00417. The van der Waals surface area contributed by atoms with Gasteiger partial charge >= 0.3 is 6.18 Å². The topological polar surface area (TPSA) is 37.3 Å². The second kappa shape index (κ2) is 5.56. The summed E-state index contributed by atoms with van der Waals surface area (Å²) in [5.74, 6) is -0.159. The molecular weight excluding hydrogens is 269 g/mol. The average Bonchev–Trinajstić information content (AvgIpc) is 2.40. The molecule has 20 heavy (non-hydrogen) atoms. The van der Waals surface area contributed by atoms with Gasteiger partial charge in [-0.3, -0.25) is 4.79 Å². The first-order chi connectivity index (χ1) is 9.29. The van der Waals surface area contributed by atoms with Gasteiger partial charge in [-0.05, 0) is 36.5 Å². The van der Waals surface area contributed by atoms with Crippen LogP contribution in [-0.4, -0.2) is 10.9 Å². The maximum absolute atomic E-state index is 12.5. The molecule has 1 aromatic rings. The van der Waals surface area contributed by atoms with E-state index in [0.717, 1.165) is 18.6 Å². The predicted octanol–water partition coefficient (Wildman–Crippen LogP) is 3.74. The van der Waals surface area contributed by atoms with Gasteiger partial charge in [-0.1, -0.05) is 19.1 Å². The lowest BCUT2D eigenvalue weighted by Crippen LogP contribution is -2.29. The lowest BCUT2D eigenvalue weighted by Gasteiger charge is -2.29. The van der Waals surface area contributed by atoms with E-state index in [1.54, 1.807) is 0 Å². The van der Waals surface area contributed by atoms with E-state index < -0.39 is 23.8 Å². The summed E-state index contributed by atoms with van der Waals surface area (Å²) in [6.45, 7) is 2.01. The highest BCUT2D eigenvalue weighted by Gasteiger charge is 2.34. The molecule has 0 aliphatic heterocycles. The van der Waals surface area contributed by atoms with Gasteiger partial charge in [0.25, 0.3) is 0 Å². The van der Waals surface area contributed by atoms with Crippen LogP contribution in [0.1, 0.15) is 43.4 Å². The van der Waals surface area contributed by atoms with Crippen LogP contribution >= 0.6 is 0 Å². The number of rotatable bonds is 2. The van der Waals surface area contributed by atoms with Crippen LogP contribution in [0.15, 0.2) is 24.3 Å². The zero-order valence-electron chi connectivity index (χ0n) is 11.2. The Balaban J connectivity index is 2.16. The Kier molecular flexibility index (Phi) is 4.18. The molecule has 0 amide bonds. The Hall–Kier alpha value is -1.36. The molecule has 0 spiro atoms. The number of ketones is 1. The summed E-state index contributed by atoms with van der Waals surface area (Å²) in [6.07, 6.45) is -3.58. The third-order valence-electron chi connectivity index (χ3n) is 3.91. The summed E-state index contributed by atoms with van der Waals surface area (Å²) in [7, 11) is 0. The number of Topliss-reactive ketones (excluding diaryl/α,β-unsaturated/α-hetero) is 1. The van der Waals surface area contributed by atoms with Gasteiger partial charge in [-0.2, -0.15) is 13.2 Å². The smallest absolute Gasteiger partial charge is 0.388 e. The number of alkyl halides is 3. The number of carbonyl (C=O) groups is 1. The number of aliphatic hydroxyl groups excluding tert-OH is 1. The molecule has 2 rings (SSSR count). The van der Waals surface area contributed by atoms with Crippen LogP contribution in [0.5, 0.6) is 0 Å². The summed E-state index contributed by atoms with van der Waals surface area (Å²) in [5.41, 5.74) is -0.387. The summed E-state index contributed by atoms with van der Waals surface area (Å²) >= 11 is 0. The standard InChI is InChI=1S/C15H17F3O2/c1-9-2-7-13(19)12(8-9)14(20)10-3-5-11(6-4-10)15(16,17)18/h3-6,9,12,14,20H,2,7-8H2,1H3/t9-,12+,14-/m0/s1.